The molecule has 2 rings (SSSR count). The number of hydrogen-bond donors (Lipinski definition) is 0. The van der Waals surface area contributed by atoms with Gasteiger partial charge < -0.3 is 0 Å². The minimum Gasteiger partial charge on any atom is -0.0312 e. The third-order valence-electron chi connectivity index (χ3n) is 3.10. The topological polar surface area (TPSA) is 58.3 Å². The van der Waals surface area contributed by atoms with Crippen molar-refractivity contribution in [3.05, 3.63) is 45.4 Å². The summed E-state index contributed by atoms with van der Waals surface area (Å²) in [5.41, 5.74) is 0.148. The van der Waals surface area contributed by atoms with Gasteiger partial charge in [0.25, 0.3) is 0 Å². The Labute approximate surface area is 155 Å². The molecule has 5 radical (unpaired) electrons. The van der Waals surface area contributed by atoms with E-state index in [9.17, 15) is 0 Å². The van der Waals surface area contributed by atoms with Crippen molar-refractivity contribution in [3.8, 4) is 0 Å². The van der Waals surface area contributed by atoms with E-state index in [1.165, 1.54) is 0 Å². The van der Waals surface area contributed by atoms with Crippen LogP contribution in [0.25, 0.3) is 0 Å². The molecule has 0 aromatic heterocycles. The van der Waals surface area contributed by atoms with Crippen molar-refractivity contribution in [2.45, 2.75) is 60.4 Å². The second-order valence-electron chi connectivity index (χ2n) is 7.33. The van der Waals surface area contributed by atoms with Crippen molar-refractivity contribution in [2.24, 2.45) is 10.8 Å². The summed E-state index contributed by atoms with van der Waals surface area (Å²) < 4.78 is 27.6. The Bertz CT molecular complexity index is 346. The van der Waals surface area contributed by atoms with Crippen LogP contribution in [0.1, 0.15) is 48.0 Å². The molecule has 2 unspecified atom stereocenters. The molecule has 1 saturated heterocycles. The van der Waals surface area contributed by atoms with E-state index in [-0.39, 0.29) is 23.2 Å². The Hall–Kier alpha value is -0.211. The molecule has 2 fully saturated rings. The summed E-state index contributed by atoms with van der Waals surface area (Å²) in [5.74, 6) is 0. The van der Waals surface area contributed by atoms with Gasteiger partial charge in [-0.15, -0.1) is 0 Å². The predicted octanol–water partition coefficient (Wildman–Crippen LogP) is 3.83. The maximum atomic E-state index is 7.50. The molecule has 0 spiro atoms. The van der Waals surface area contributed by atoms with Gasteiger partial charge in [-0.3, -0.25) is 0 Å². The summed E-state index contributed by atoms with van der Waals surface area (Å²) in [7, 11) is 0. The molecule has 5 heteroatoms. The smallest absolute Gasteiger partial charge is 0.0312 e. The van der Waals surface area contributed by atoms with E-state index in [1.807, 2.05) is 32.1 Å². The first-order valence-electron chi connectivity index (χ1n) is 7.51. The quantitative estimate of drug-likeness (QED) is 0.368. The molecule has 1 aliphatic heterocycles. The molecule has 0 aromatic rings. The van der Waals surface area contributed by atoms with Crippen LogP contribution < -0.4 is 0 Å². The zero-order valence-corrected chi connectivity index (χ0v) is 16.4. The zero-order valence-electron chi connectivity index (χ0n) is 15.3. The fourth-order valence-electron chi connectivity index (χ4n) is 1.75. The second kappa shape index (κ2) is 13.1. The van der Waals surface area contributed by atoms with Gasteiger partial charge in [0.15, 0.2) is 0 Å². The number of rotatable bonds is 0. The Morgan fingerprint density at radius 2 is 1.25 bits per heavy atom. The minimum absolute atomic E-state index is 0.00292. The maximum Gasteiger partial charge on any atom is -0.0312 e. The maximum absolute atomic E-state index is 7.50. The van der Waals surface area contributed by atoms with Gasteiger partial charge >= 0.3 is 123 Å². The Kier molecular flexibility index (Phi) is 14.2. The van der Waals surface area contributed by atoms with Crippen molar-refractivity contribution < 1.29 is 34.4 Å². The molecular formula is C19H27MnO4. The minimum atomic E-state index is -0.162. The first-order valence-corrected chi connectivity index (χ1v) is 8.10. The van der Waals surface area contributed by atoms with Crippen molar-refractivity contribution in [1.82, 2.24) is 0 Å². The van der Waals surface area contributed by atoms with E-state index >= 15 is 0 Å². The number of hydrogen-bond acceptors (Lipinski definition) is 2. The molecule has 0 amide bonds. The summed E-state index contributed by atoms with van der Waals surface area (Å²) in [5, 5.41) is 0. The molecule has 24 heavy (non-hydrogen) atoms. The van der Waals surface area contributed by atoms with Crippen LogP contribution in [-0.2, 0) is 34.4 Å². The fourth-order valence-corrected chi connectivity index (χ4v) is 2.09. The van der Waals surface area contributed by atoms with Gasteiger partial charge in [0, 0.05) is 0 Å². The molecule has 2 atom stereocenters. The molecule has 4 nitrogen and oxygen atoms in total. The predicted molar refractivity (Wildman–Crippen MR) is 87.6 cm³/mol. The van der Waals surface area contributed by atoms with Gasteiger partial charge in [-0.25, -0.2) is 0 Å². The van der Waals surface area contributed by atoms with Crippen LogP contribution in [0, 0.1) is 56.2 Å². The van der Waals surface area contributed by atoms with Gasteiger partial charge in [0.05, 0.1) is 0 Å². The molecule has 1 heterocycles. The van der Waals surface area contributed by atoms with Gasteiger partial charge in [-0.05, 0) is 32.1 Å². The van der Waals surface area contributed by atoms with Crippen LogP contribution in [0.15, 0.2) is 0 Å². The van der Waals surface area contributed by atoms with E-state index < -0.39 is 0 Å². The monoisotopic (exact) mass is 374 g/mol. The Morgan fingerprint density at radius 1 is 0.875 bits per heavy atom. The van der Waals surface area contributed by atoms with Crippen LogP contribution >= 0.6 is 0 Å². The van der Waals surface area contributed by atoms with Gasteiger partial charge in [-0.1, -0.05) is 0 Å². The van der Waals surface area contributed by atoms with Crippen molar-refractivity contribution >= 4 is 4.60 Å². The van der Waals surface area contributed by atoms with Crippen LogP contribution in [0.3, 0.4) is 0 Å². The van der Waals surface area contributed by atoms with Crippen LogP contribution in [-0.4, -0.2) is 17.0 Å². The van der Waals surface area contributed by atoms with E-state index in [0.29, 0.717) is 0 Å². The third-order valence-corrected chi connectivity index (χ3v) is 3.48. The molecule has 0 aromatic carbocycles. The summed E-state index contributed by atoms with van der Waals surface area (Å²) in [6.45, 7) is 22.0. The molecule has 0 N–H and O–H groups in total. The zero-order chi connectivity index (χ0) is 19.4. The Balaban J connectivity index is 0. The first kappa shape index (κ1) is 26.0. The first-order chi connectivity index (χ1) is 11.1. The van der Waals surface area contributed by atoms with Gasteiger partial charge in [0.1, 0.15) is 0 Å². The molecule has 1 saturated carbocycles. The second-order valence-corrected chi connectivity index (χ2v) is 7.99. The number of ether oxygens (including phenoxy) is 2. The summed E-state index contributed by atoms with van der Waals surface area (Å²) >= 11 is 3.47. The van der Waals surface area contributed by atoms with Crippen LogP contribution in [0.2, 0.25) is 0 Å². The molecule has 0 bridgehead atoms. The molecule has 1 aliphatic carbocycles. The summed E-state index contributed by atoms with van der Waals surface area (Å²) in [4.78, 5) is 0. The van der Waals surface area contributed by atoms with E-state index in [2.05, 4.69) is 70.4 Å². The van der Waals surface area contributed by atoms with Gasteiger partial charge in [-0.2, -0.15) is 0 Å². The average molecular weight is 374 g/mol. The fraction of sp³-hybridized carbons (Fsp3) is 0.579. The van der Waals surface area contributed by atoms with E-state index in [4.69, 9.17) is 18.8 Å². The molecular weight excluding hydrogens is 347 g/mol. The standard InChI is InChI=1S/C12H22O2.C5H5.2CO.Mn/c1-11(2,3)9-7-8-13-10(14-9)12(4,5)6;1-2-4-5-3-1;2*1-2;/h9-10H,7H2,1-6H3;1-5H;;;. The normalized spacial score (nSPS) is 23.5. The third kappa shape index (κ3) is 11.4. The van der Waals surface area contributed by atoms with Crippen molar-refractivity contribution in [1.29, 1.82) is 0 Å². The molecule has 2 aliphatic rings. The summed E-state index contributed by atoms with van der Waals surface area (Å²) in [6.07, 6.45) is 10.9. The van der Waals surface area contributed by atoms with Crippen molar-refractivity contribution in [3.63, 3.8) is 0 Å². The van der Waals surface area contributed by atoms with Crippen molar-refractivity contribution in [2.75, 3.05) is 0 Å². The molecule has 134 valence electrons. The van der Waals surface area contributed by atoms with E-state index in [0.717, 1.165) is 11.0 Å². The Morgan fingerprint density at radius 3 is 1.54 bits per heavy atom. The SMILES string of the molecule is CC(C)(C)C1C[C](=[Mn])OC(C(C)(C)C)O1.[C-]#[O+].[C-]#[O+].[CH]1[CH][CH][CH][CH]1. The average Bonchev–Trinajstić information content (AvgIpc) is 3.08. The van der Waals surface area contributed by atoms with Crippen LogP contribution in [0.5, 0.6) is 0 Å². The van der Waals surface area contributed by atoms with Crippen LogP contribution in [0.4, 0.5) is 0 Å². The summed E-state index contributed by atoms with van der Waals surface area (Å²) in [6, 6.07) is 0. The largest absolute Gasteiger partial charge is 0.0312 e. The van der Waals surface area contributed by atoms with E-state index in [1.54, 1.807) is 0 Å². The van der Waals surface area contributed by atoms with Gasteiger partial charge in [0.2, 0.25) is 0 Å².